The number of nitrogens with zero attached hydrogens (tertiary/aromatic N) is 64. The van der Waals surface area contributed by atoms with Crippen LogP contribution in [-0.4, -0.2) is 325 Å². The minimum Gasteiger partial charge on any atom is -0.304 e. The van der Waals surface area contributed by atoms with Gasteiger partial charge in [-0.25, -0.2) is 74.5 Å². The second kappa shape index (κ2) is 69.7. The number of hydrogen-bond donors (Lipinski definition) is 16. The molecule has 0 aromatic carbocycles. The summed E-state index contributed by atoms with van der Waals surface area (Å²) in [7, 11) is -19.8. The average Bonchev–Trinajstić information content (AvgIpc) is 1.88. The maximum atomic E-state index is 8.49. The van der Waals surface area contributed by atoms with Crippen LogP contribution in [-0.2, 0) is 34.1 Å². The van der Waals surface area contributed by atoms with Crippen LogP contribution >= 0.6 is 0 Å². The molecule has 0 unspecified atom stereocenters. The van der Waals surface area contributed by atoms with Gasteiger partial charge in [-0.1, -0.05) is 78.5 Å². The number of hydrogen-bond acceptors (Lipinski definition) is 80. The zero-order chi connectivity index (χ0) is 88.5. The fourth-order valence-electron chi connectivity index (χ4n) is 2.80. The normalized spacial score (nSPS) is 9.08. The molecule has 118 heavy (non-hydrogen) atoms. The maximum Gasteiger partial charge on any atom is 2.00 e. The van der Waals surface area contributed by atoms with Gasteiger partial charge in [-0.3, -0.25) is 0 Å². The molecule has 0 aliphatic rings. The van der Waals surface area contributed by atoms with Gasteiger partial charge in [-0.15, -0.1) is 204 Å². The van der Waals surface area contributed by atoms with Gasteiger partial charge in [-0.05, 0) is 83.4 Å². The number of aromatic nitrogens is 64. The molecule has 0 saturated heterocycles. The first-order valence-electron chi connectivity index (χ1n) is 24.5. The topological polar surface area (TPSA) is 1480 Å². The Kier molecular flexibility index (Phi) is 66.3. The van der Waals surface area contributed by atoms with Crippen LogP contribution in [0.5, 0.6) is 0 Å². The van der Waals surface area contributed by atoms with Gasteiger partial charge in [0.15, 0.2) is 101 Å². The summed E-state index contributed by atoms with van der Waals surface area (Å²) in [6.07, 6.45) is 20.2. The van der Waals surface area contributed by atoms with Crippen molar-refractivity contribution in [2.75, 3.05) is 93.5 Å². The zero-order valence-corrected chi connectivity index (χ0v) is 60.7. The summed E-state index contributed by atoms with van der Waals surface area (Å²) >= 11 is 0. The Morgan fingerprint density at radius 3 is 0.178 bits per heavy atom. The third-order valence-corrected chi connectivity index (χ3v) is 5.84. The zero-order valence-electron chi connectivity index (χ0n) is 55.7. The van der Waals surface area contributed by atoms with Gasteiger partial charge in [0.05, 0.1) is 0 Å². The fraction of sp³-hybridized carbons (Fsp3) is 0. The molecule has 0 aliphatic carbocycles. The number of nitrogens with two attached hydrogens (primary N) is 16. The predicted molar refractivity (Wildman–Crippen MR) is 287 cm³/mol. The Labute approximate surface area is 667 Å². The first-order valence-corrected chi connectivity index (χ1v) is 29.4. The predicted octanol–water partition coefficient (Wildman–Crippen LogP) is -44.8. The number of rotatable bonds is 0. The van der Waals surface area contributed by atoms with Crippen LogP contribution in [0.1, 0.15) is 0 Å². The molecule has 0 spiro atoms. The number of nitrogen functional groups attached to an aromatic ring is 16. The standard InChI is InChI=1S/16CH3N5.4ClHO4.2Cu/c16*2-6-4-1-3-5-6;4*2-1(3,4)5;;/h16*1H,2H2;4*(H,2,3,4,5);;/q;;;;;;;;;;;;;;;;;;;;2*+2/p-4. The van der Waals surface area contributed by atoms with E-state index in [0.717, 1.165) is 78.5 Å². The summed E-state index contributed by atoms with van der Waals surface area (Å²) in [6, 6.07) is 0. The molecule has 0 saturated carbocycles. The number of tetrazole rings is 16. The van der Waals surface area contributed by atoms with Crippen LogP contribution in [0.3, 0.4) is 0 Å². The fourth-order valence-corrected chi connectivity index (χ4v) is 2.80. The van der Waals surface area contributed by atoms with Crippen molar-refractivity contribution < 1.29 is 150 Å². The van der Waals surface area contributed by atoms with E-state index in [4.69, 9.17) is 168 Å². The van der Waals surface area contributed by atoms with E-state index in [1.165, 1.54) is 101 Å². The van der Waals surface area contributed by atoms with Gasteiger partial charge in [-0.2, -0.15) is 0 Å². The third-order valence-electron chi connectivity index (χ3n) is 5.84. The molecule has 16 heterocycles. The first-order chi connectivity index (χ1) is 54.3. The molecule has 32 N–H and O–H groups in total. The van der Waals surface area contributed by atoms with Crippen molar-refractivity contribution in [3.05, 3.63) is 101 Å². The van der Waals surface area contributed by atoms with Crippen LogP contribution in [0, 0.1) is 41.0 Å². The third kappa shape index (κ3) is 106. The Hall–Kier alpha value is -16.5. The molecule has 16 aromatic rings. The van der Waals surface area contributed by atoms with Gasteiger partial charge in [0, 0.05) is 0 Å². The van der Waals surface area contributed by atoms with E-state index >= 15 is 0 Å². The number of halogens is 4. The second-order valence-corrected chi connectivity index (χ2v) is 16.6. The summed E-state index contributed by atoms with van der Waals surface area (Å²) in [5.41, 5.74) is 0. The Balaban J connectivity index is -0.000000280. The van der Waals surface area contributed by atoms with Crippen molar-refractivity contribution in [3.8, 4) is 0 Å². The molecule has 102 heteroatoms. The molecule has 0 bridgehead atoms. The largest absolute Gasteiger partial charge is 2.00 e. The van der Waals surface area contributed by atoms with Crippen LogP contribution in [0.25, 0.3) is 0 Å². The van der Waals surface area contributed by atoms with Crippen molar-refractivity contribution in [1.82, 2.24) is 325 Å². The molecule has 16 rings (SSSR count). The van der Waals surface area contributed by atoms with E-state index in [0.29, 0.717) is 0 Å². The van der Waals surface area contributed by atoms with E-state index in [1.807, 2.05) is 0 Å². The van der Waals surface area contributed by atoms with Crippen molar-refractivity contribution in [2.45, 2.75) is 0 Å². The van der Waals surface area contributed by atoms with Gasteiger partial charge >= 0.3 is 34.1 Å². The van der Waals surface area contributed by atoms with Gasteiger partial charge in [0.2, 0.25) is 0 Å². The molecule has 0 atom stereocenters. The summed E-state index contributed by atoms with van der Waals surface area (Å²) < 4.78 is 136. The monoisotopic (exact) mass is 1880 g/mol. The van der Waals surface area contributed by atoms with Crippen molar-refractivity contribution in [1.29, 1.82) is 0 Å². The van der Waals surface area contributed by atoms with Crippen LogP contribution in [0.2, 0.25) is 0 Å². The smallest absolute Gasteiger partial charge is 0.304 e. The van der Waals surface area contributed by atoms with E-state index in [1.54, 1.807) is 0 Å². The van der Waals surface area contributed by atoms with E-state index in [9.17, 15) is 0 Å². The first kappa shape index (κ1) is 112. The molecule has 0 amide bonds. The molecule has 96 nitrogen and oxygen atoms in total. The molecule has 2 radical (unpaired) electrons. The average molecular weight is 1890 g/mol. The second-order valence-electron chi connectivity index (χ2n) is 13.6. The Morgan fingerprint density at radius 1 is 0.127 bits per heavy atom. The van der Waals surface area contributed by atoms with Gasteiger partial charge < -0.3 is 93.5 Å². The van der Waals surface area contributed by atoms with Gasteiger partial charge in [0.1, 0.15) is 0 Å². The van der Waals surface area contributed by atoms with Crippen molar-refractivity contribution in [3.63, 3.8) is 0 Å². The molecular weight excluding hydrogens is 1840 g/mol. The molecule has 0 fully saturated rings. The van der Waals surface area contributed by atoms with Crippen LogP contribution < -0.4 is 168 Å². The molecule has 0 aliphatic heterocycles. The minimum absolute atomic E-state index is 0. The maximum absolute atomic E-state index is 8.49. The summed E-state index contributed by atoms with van der Waals surface area (Å²) in [5, 5.41) is 159. The summed E-state index contributed by atoms with van der Waals surface area (Å²) in [6.45, 7) is 0. The molecular formula is C16H48Cl4Cu2N80O16. The van der Waals surface area contributed by atoms with Crippen molar-refractivity contribution >= 4 is 0 Å². The van der Waals surface area contributed by atoms with Crippen LogP contribution in [0.15, 0.2) is 101 Å². The van der Waals surface area contributed by atoms with Crippen LogP contribution in [0.4, 0.5) is 0 Å². The Morgan fingerprint density at radius 2 is 0.169 bits per heavy atom. The van der Waals surface area contributed by atoms with E-state index in [2.05, 4.69) is 247 Å². The molecule has 658 valence electrons. The van der Waals surface area contributed by atoms with E-state index in [-0.39, 0.29) is 34.1 Å². The molecule has 16 aromatic heterocycles. The quantitative estimate of drug-likeness (QED) is 0.0495. The SMILES string of the molecule is Nn1ncnn1.Nn1ncnn1.Nn1ncnn1.Nn1ncnn1.Nn1ncnn1.Nn1ncnn1.Nn1ncnn1.Nn1ncnn1.Nn1ncnn1.Nn1ncnn1.Nn1ncnn1.Nn1ncnn1.Nn1ncnn1.Nn1ncnn1.Nn1ncnn1.Nn1ncnn1.[Cu+2].[Cu+2].[O-][Cl+3]([O-])([O-])[O-].[O-][Cl+3]([O-])([O-])[O-].[O-][Cl+3]([O-])([O-])[O-].[O-][Cl+3]([O-])([O-])[O-]. The summed E-state index contributed by atoms with van der Waals surface area (Å²) in [4.78, 5) is 14.2. The minimum atomic E-state index is -4.94. The van der Waals surface area contributed by atoms with Gasteiger partial charge in [0.25, 0.3) is 0 Å². The Bertz CT molecular complexity index is 3200. The summed E-state index contributed by atoms with van der Waals surface area (Å²) in [5.74, 6) is 78.6. The van der Waals surface area contributed by atoms with E-state index < -0.39 is 41.0 Å². The van der Waals surface area contributed by atoms with Crippen molar-refractivity contribution in [2.24, 2.45) is 0 Å².